The van der Waals surface area contributed by atoms with Crippen molar-refractivity contribution in [3.05, 3.63) is 35.4 Å². The molecule has 0 aromatic carbocycles. The number of nitrogens with zero attached hydrogens (tertiary/aromatic N) is 2. The largest absolute Gasteiger partial charge is 0.423 e. The summed E-state index contributed by atoms with van der Waals surface area (Å²) >= 11 is 0. The first-order valence-electron chi connectivity index (χ1n) is 10.0. The van der Waals surface area contributed by atoms with Gasteiger partial charge in [0.2, 0.25) is 5.96 Å². The molecule has 6 heteroatoms. The van der Waals surface area contributed by atoms with Crippen LogP contribution in [0.3, 0.4) is 0 Å². The Morgan fingerprint density at radius 1 is 1.25 bits per heavy atom. The molecule has 1 fully saturated rings. The molecule has 0 unspecified atom stereocenters. The van der Waals surface area contributed by atoms with Gasteiger partial charge in [0.1, 0.15) is 5.69 Å². The number of ketones is 1. The van der Waals surface area contributed by atoms with Gasteiger partial charge in [-0.2, -0.15) is 4.98 Å². The molecular formula is C22H28N4O2. The van der Waals surface area contributed by atoms with Crippen molar-refractivity contribution in [2.75, 3.05) is 5.32 Å². The minimum Gasteiger partial charge on any atom is -0.423 e. The molecule has 0 amide bonds. The maximum atomic E-state index is 13.0. The molecule has 1 aliphatic heterocycles. The Morgan fingerprint density at radius 2 is 2.00 bits per heavy atom. The SMILES string of the molecule is C=Cc1nc(NC2=NC3(CCCC3)C3=C(CC(C)(C)CC3=O)N2)oc1/C=C\C. The summed E-state index contributed by atoms with van der Waals surface area (Å²) < 4.78 is 5.81. The summed E-state index contributed by atoms with van der Waals surface area (Å²) in [5, 5.41) is 6.57. The number of hydrogen-bond acceptors (Lipinski definition) is 6. The number of Topliss-reactive ketones (excluding diaryl/α,β-unsaturated/α-hetero) is 1. The maximum absolute atomic E-state index is 13.0. The van der Waals surface area contributed by atoms with E-state index in [9.17, 15) is 4.79 Å². The summed E-state index contributed by atoms with van der Waals surface area (Å²) in [6.45, 7) is 10.0. The highest BCUT2D eigenvalue weighted by Crippen LogP contribution is 2.48. The lowest BCUT2D eigenvalue weighted by atomic mass is 9.70. The van der Waals surface area contributed by atoms with E-state index in [0.29, 0.717) is 29.8 Å². The Balaban J connectivity index is 1.68. The van der Waals surface area contributed by atoms with Crippen molar-refractivity contribution in [1.82, 2.24) is 10.3 Å². The van der Waals surface area contributed by atoms with Crippen LogP contribution in [0.5, 0.6) is 0 Å². The van der Waals surface area contributed by atoms with Crippen molar-refractivity contribution in [2.45, 2.75) is 64.8 Å². The Morgan fingerprint density at radius 3 is 2.68 bits per heavy atom. The van der Waals surface area contributed by atoms with Crippen LogP contribution >= 0.6 is 0 Å². The number of carbonyl (C=O) groups is 1. The maximum Gasteiger partial charge on any atom is 0.302 e. The number of hydrogen-bond donors (Lipinski definition) is 2. The predicted octanol–water partition coefficient (Wildman–Crippen LogP) is 4.68. The van der Waals surface area contributed by atoms with E-state index in [0.717, 1.165) is 43.4 Å². The van der Waals surface area contributed by atoms with Crippen LogP contribution in [0.15, 0.2) is 33.3 Å². The van der Waals surface area contributed by atoms with Gasteiger partial charge in [-0.15, -0.1) is 0 Å². The molecule has 148 valence electrons. The second kappa shape index (κ2) is 6.76. The quantitative estimate of drug-likeness (QED) is 0.796. The highest BCUT2D eigenvalue weighted by Gasteiger charge is 2.48. The van der Waals surface area contributed by atoms with Crippen LogP contribution in [0.4, 0.5) is 6.01 Å². The van der Waals surface area contributed by atoms with Crippen molar-refractivity contribution in [3.8, 4) is 0 Å². The van der Waals surface area contributed by atoms with Crippen LogP contribution in [-0.4, -0.2) is 22.3 Å². The highest BCUT2D eigenvalue weighted by molar-refractivity contribution is 6.04. The summed E-state index contributed by atoms with van der Waals surface area (Å²) in [6, 6.07) is 0.368. The molecule has 0 atom stereocenters. The van der Waals surface area contributed by atoms with Gasteiger partial charge in [-0.25, -0.2) is 4.99 Å². The van der Waals surface area contributed by atoms with Gasteiger partial charge in [0, 0.05) is 17.7 Å². The van der Waals surface area contributed by atoms with Crippen LogP contribution in [0.25, 0.3) is 12.2 Å². The number of allylic oxidation sites excluding steroid dienone is 2. The molecule has 1 saturated carbocycles. The van der Waals surface area contributed by atoms with Gasteiger partial charge < -0.3 is 9.73 Å². The molecule has 28 heavy (non-hydrogen) atoms. The number of guanidine groups is 1. The Hall–Kier alpha value is -2.63. The zero-order valence-corrected chi connectivity index (χ0v) is 16.9. The minimum atomic E-state index is -0.406. The van der Waals surface area contributed by atoms with Crippen molar-refractivity contribution in [2.24, 2.45) is 10.4 Å². The van der Waals surface area contributed by atoms with Gasteiger partial charge in [-0.1, -0.05) is 39.3 Å². The van der Waals surface area contributed by atoms with E-state index >= 15 is 0 Å². The van der Waals surface area contributed by atoms with Gasteiger partial charge in [-0.05, 0) is 43.8 Å². The summed E-state index contributed by atoms with van der Waals surface area (Å²) in [7, 11) is 0. The van der Waals surface area contributed by atoms with E-state index in [4.69, 9.17) is 9.41 Å². The fourth-order valence-electron chi connectivity index (χ4n) is 4.71. The molecule has 1 aromatic rings. The molecule has 3 aliphatic rings. The van der Waals surface area contributed by atoms with E-state index in [1.807, 2.05) is 19.1 Å². The van der Waals surface area contributed by atoms with Gasteiger partial charge in [0.15, 0.2) is 11.5 Å². The van der Waals surface area contributed by atoms with Crippen molar-refractivity contribution in [1.29, 1.82) is 0 Å². The zero-order valence-electron chi connectivity index (χ0n) is 16.9. The van der Waals surface area contributed by atoms with Crippen LogP contribution in [0.1, 0.15) is 70.8 Å². The number of fused-ring (bicyclic) bond motifs is 1. The topological polar surface area (TPSA) is 79.5 Å². The lowest BCUT2D eigenvalue weighted by molar-refractivity contribution is -0.118. The fraction of sp³-hybridized carbons (Fsp3) is 0.500. The lowest BCUT2D eigenvalue weighted by Gasteiger charge is -2.41. The summed E-state index contributed by atoms with van der Waals surface area (Å²) in [6.07, 6.45) is 10.9. The number of aliphatic imine (C=N–C) groups is 1. The highest BCUT2D eigenvalue weighted by atomic mass is 16.4. The average Bonchev–Trinajstić information content (AvgIpc) is 3.20. The van der Waals surface area contributed by atoms with E-state index in [1.165, 1.54) is 0 Å². The number of rotatable bonds is 3. The molecule has 2 heterocycles. The molecule has 0 saturated heterocycles. The molecular weight excluding hydrogens is 352 g/mol. The molecule has 4 rings (SSSR count). The van der Waals surface area contributed by atoms with Crippen molar-refractivity contribution < 1.29 is 9.21 Å². The smallest absolute Gasteiger partial charge is 0.302 e. The van der Waals surface area contributed by atoms with Gasteiger partial charge >= 0.3 is 6.01 Å². The molecule has 2 N–H and O–H groups in total. The fourth-order valence-corrected chi connectivity index (χ4v) is 4.71. The predicted molar refractivity (Wildman–Crippen MR) is 112 cm³/mol. The first-order valence-corrected chi connectivity index (χ1v) is 10.0. The standard InChI is InChI=1S/C22H28N4O2/c1-5-9-17-14(6-2)24-20(28-17)25-19-23-15-12-21(3,4)13-16(27)18(15)22(26-19)10-7-8-11-22/h5-6,9H,2,7-8,10-13H2,1,3-4H3,(H2,23,24,25,26)/b9-5-. The first kappa shape index (κ1) is 18.7. The van der Waals surface area contributed by atoms with Gasteiger partial charge in [-0.3, -0.25) is 10.1 Å². The summed E-state index contributed by atoms with van der Waals surface area (Å²) in [5.41, 5.74) is 2.13. The monoisotopic (exact) mass is 380 g/mol. The van der Waals surface area contributed by atoms with E-state index in [-0.39, 0.29) is 11.2 Å². The number of anilines is 1. The lowest BCUT2D eigenvalue weighted by Crippen LogP contribution is -2.48. The number of nitrogens with one attached hydrogen (secondary N) is 2. The molecule has 0 bridgehead atoms. The number of oxazole rings is 1. The van der Waals surface area contributed by atoms with Crippen LogP contribution < -0.4 is 10.6 Å². The number of aromatic nitrogens is 1. The van der Waals surface area contributed by atoms with Gasteiger partial charge in [0.05, 0.1) is 5.54 Å². The van der Waals surface area contributed by atoms with E-state index in [1.54, 1.807) is 6.08 Å². The van der Waals surface area contributed by atoms with Crippen LogP contribution in [0, 0.1) is 5.41 Å². The van der Waals surface area contributed by atoms with Crippen LogP contribution in [-0.2, 0) is 4.79 Å². The van der Waals surface area contributed by atoms with Crippen molar-refractivity contribution in [3.63, 3.8) is 0 Å². The molecule has 1 aromatic heterocycles. The summed E-state index contributed by atoms with van der Waals surface area (Å²) in [5.74, 6) is 1.50. The molecule has 0 radical (unpaired) electrons. The number of carbonyl (C=O) groups excluding carboxylic acids is 1. The zero-order chi connectivity index (χ0) is 19.9. The Labute approximate surface area is 165 Å². The normalized spacial score (nSPS) is 23.0. The van der Waals surface area contributed by atoms with Crippen molar-refractivity contribution >= 4 is 29.9 Å². The third-order valence-corrected chi connectivity index (χ3v) is 5.78. The minimum absolute atomic E-state index is 0.0524. The first-order chi connectivity index (χ1) is 13.4. The van der Waals surface area contributed by atoms with E-state index in [2.05, 4.69) is 36.0 Å². The molecule has 6 nitrogen and oxygen atoms in total. The average molecular weight is 380 g/mol. The molecule has 2 aliphatic carbocycles. The second-order valence-corrected chi connectivity index (χ2v) is 8.72. The van der Waals surface area contributed by atoms with E-state index < -0.39 is 5.54 Å². The second-order valence-electron chi connectivity index (χ2n) is 8.72. The third kappa shape index (κ3) is 3.21. The Bertz CT molecular complexity index is 911. The van der Waals surface area contributed by atoms with Gasteiger partial charge in [0.25, 0.3) is 0 Å². The Kier molecular flexibility index (Phi) is 4.52. The third-order valence-electron chi connectivity index (χ3n) is 5.78. The summed E-state index contributed by atoms with van der Waals surface area (Å²) in [4.78, 5) is 22.4. The molecule has 1 spiro atoms. The van der Waals surface area contributed by atoms with Crippen LogP contribution in [0.2, 0.25) is 0 Å².